The number of ketones is 1. The van der Waals surface area contributed by atoms with Crippen LogP contribution in [0.15, 0.2) is 48.5 Å². The number of phenols is 2. The molecule has 0 aliphatic heterocycles. The Bertz CT molecular complexity index is 556. The number of hydrogen-bond donors (Lipinski definition) is 2. The molecule has 0 heterocycles. The fourth-order valence-corrected chi connectivity index (χ4v) is 2.17. The second kappa shape index (κ2) is 6.75. The number of Topliss-reactive ketones (excluding diaryl/α,β-unsaturated/α-hetero) is 1. The summed E-state index contributed by atoms with van der Waals surface area (Å²) in [6.45, 7) is 0. The lowest BCUT2D eigenvalue weighted by molar-refractivity contribution is 0.0979. The topological polar surface area (TPSA) is 57.5 Å². The standard InChI is InChI=1S/C17H18O3/c18-15(13-7-2-1-3-8-13)10-5-4-9-14-16(19)11-6-12-17(14)20/h1-3,6-8,11-12,19-20H,4-5,9-10H2. The van der Waals surface area contributed by atoms with Crippen LogP contribution in [0.2, 0.25) is 0 Å². The second-order valence-electron chi connectivity index (χ2n) is 4.77. The molecule has 0 saturated carbocycles. The minimum atomic E-state index is 0.111. The van der Waals surface area contributed by atoms with E-state index in [1.54, 1.807) is 18.2 Å². The molecular formula is C17H18O3. The Morgan fingerprint density at radius 2 is 1.50 bits per heavy atom. The van der Waals surface area contributed by atoms with E-state index in [0.717, 1.165) is 18.4 Å². The van der Waals surface area contributed by atoms with Gasteiger partial charge in [-0.25, -0.2) is 0 Å². The molecular weight excluding hydrogens is 252 g/mol. The van der Waals surface area contributed by atoms with Gasteiger partial charge in [0.05, 0.1) is 0 Å². The number of unbranched alkanes of at least 4 members (excludes halogenated alkanes) is 1. The monoisotopic (exact) mass is 270 g/mol. The summed E-state index contributed by atoms with van der Waals surface area (Å²) in [6.07, 6.45) is 2.55. The fraction of sp³-hybridized carbons (Fsp3) is 0.235. The Labute approximate surface area is 118 Å². The number of benzene rings is 2. The van der Waals surface area contributed by atoms with Crippen LogP contribution in [0, 0.1) is 0 Å². The molecule has 3 heteroatoms. The third kappa shape index (κ3) is 3.60. The van der Waals surface area contributed by atoms with E-state index < -0.39 is 0 Å². The zero-order chi connectivity index (χ0) is 14.4. The second-order valence-corrected chi connectivity index (χ2v) is 4.77. The molecule has 2 aromatic carbocycles. The van der Waals surface area contributed by atoms with Crippen molar-refractivity contribution in [2.24, 2.45) is 0 Å². The van der Waals surface area contributed by atoms with Gasteiger partial charge in [-0.05, 0) is 31.4 Å². The molecule has 2 aromatic rings. The maximum atomic E-state index is 11.9. The van der Waals surface area contributed by atoms with Gasteiger partial charge in [-0.2, -0.15) is 0 Å². The van der Waals surface area contributed by atoms with E-state index in [1.807, 2.05) is 30.3 Å². The van der Waals surface area contributed by atoms with Crippen LogP contribution in [0.1, 0.15) is 35.2 Å². The third-order valence-corrected chi connectivity index (χ3v) is 3.30. The summed E-state index contributed by atoms with van der Waals surface area (Å²) < 4.78 is 0. The highest BCUT2D eigenvalue weighted by Gasteiger charge is 2.08. The number of hydrogen-bond acceptors (Lipinski definition) is 3. The predicted molar refractivity (Wildman–Crippen MR) is 78.1 cm³/mol. The fourth-order valence-electron chi connectivity index (χ4n) is 2.17. The van der Waals surface area contributed by atoms with Gasteiger partial charge in [0, 0.05) is 17.5 Å². The van der Waals surface area contributed by atoms with Gasteiger partial charge in [0.2, 0.25) is 0 Å². The summed E-state index contributed by atoms with van der Waals surface area (Å²) in [4.78, 5) is 11.9. The average Bonchev–Trinajstić information content (AvgIpc) is 2.46. The molecule has 0 bridgehead atoms. The van der Waals surface area contributed by atoms with Crippen molar-refractivity contribution in [3.63, 3.8) is 0 Å². The van der Waals surface area contributed by atoms with Crippen LogP contribution in [-0.4, -0.2) is 16.0 Å². The first-order valence-electron chi connectivity index (χ1n) is 6.76. The molecule has 0 aromatic heterocycles. The number of carbonyl (C=O) groups excluding carboxylic acids is 1. The van der Waals surface area contributed by atoms with Crippen LogP contribution < -0.4 is 0 Å². The van der Waals surface area contributed by atoms with Crippen molar-refractivity contribution in [1.82, 2.24) is 0 Å². The maximum Gasteiger partial charge on any atom is 0.162 e. The van der Waals surface area contributed by atoms with E-state index in [0.29, 0.717) is 18.4 Å². The van der Waals surface area contributed by atoms with E-state index in [9.17, 15) is 15.0 Å². The molecule has 0 fully saturated rings. The molecule has 0 aliphatic rings. The van der Waals surface area contributed by atoms with Gasteiger partial charge in [0.25, 0.3) is 0 Å². The first kappa shape index (κ1) is 14.1. The SMILES string of the molecule is O=C(CCCCc1c(O)cccc1O)c1ccccc1. The number of carbonyl (C=O) groups is 1. The molecule has 0 saturated heterocycles. The Morgan fingerprint density at radius 3 is 2.15 bits per heavy atom. The first-order chi connectivity index (χ1) is 9.68. The third-order valence-electron chi connectivity index (χ3n) is 3.30. The van der Waals surface area contributed by atoms with Gasteiger partial charge in [-0.1, -0.05) is 36.4 Å². The van der Waals surface area contributed by atoms with Crippen LogP contribution in [0.5, 0.6) is 11.5 Å². The zero-order valence-corrected chi connectivity index (χ0v) is 11.2. The van der Waals surface area contributed by atoms with Crippen molar-refractivity contribution >= 4 is 5.78 Å². The summed E-state index contributed by atoms with van der Waals surface area (Å²) in [7, 11) is 0. The Balaban J connectivity index is 1.81. The van der Waals surface area contributed by atoms with E-state index in [1.165, 1.54) is 0 Å². The summed E-state index contributed by atoms with van der Waals surface area (Å²) in [6, 6.07) is 14.0. The van der Waals surface area contributed by atoms with Crippen molar-refractivity contribution in [1.29, 1.82) is 0 Å². The first-order valence-corrected chi connectivity index (χ1v) is 6.76. The van der Waals surface area contributed by atoms with Gasteiger partial charge in [0.15, 0.2) is 5.78 Å². The Morgan fingerprint density at radius 1 is 0.850 bits per heavy atom. The maximum absolute atomic E-state index is 11.9. The van der Waals surface area contributed by atoms with E-state index in [-0.39, 0.29) is 17.3 Å². The smallest absolute Gasteiger partial charge is 0.162 e. The lowest BCUT2D eigenvalue weighted by Gasteiger charge is -2.06. The minimum Gasteiger partial charge on any atom is -0.508 e. The highest BCUT2D eigenvalue weighted by Crippen LogP contribution is 2.28. The molecule has 0 amide bonds. The van der Waals surface area contributed by atoms with Crippen molar-refractivity contribution in [2.75, 3.05) is 0 Å². The largest absolute Gasteiger partial charge is 0.508 e. The van der Waals surface area contributed by atoms with E-state index in [4.69, 9.17) is 0 Å². The van der Waals surface area contributed by atoms with Crippen molar-refractivity contribution in [3.8, 4) is 11.5 Å². The van der Waals surface area contributed by atoms with Crippen LogP contribution in [0.25, 0.3) is 0 Å². The van der Waals surface area contributed by atoms with Gasteiger partial charge in [-0.3, -0.25) is 4.79 Å². The molecule has 0 aliphatic carbocycles. The summed E-state index contributed by atoms with van der Waals surface area (Å²) in [5.74, 6) is 0.353. The average molecular weight is 270 g/mol. The number of phenolic OH excluding ortho intramolecular Hbond substituents is 2. The summed E-state index contributed by atoms with van der Waals surface area (Å²) in [5.41, 5.74) is 1.29. The quantitative estimate of drug-likeness (QED) is 0.621. The lowest BCUT2D eigenvalue weighted by atomic mass is 10.0. The van der Waals surface area contributed by atoms with Gasteiger partial charge in [0.1, 0.15) is 11.5 Å². The molecule has 2 rings (SSSR count). The van der Waals surface area contributed by atoms with Gasteiger partial charge < -0.3 is 10.2 Å². The molecule has 0 radical (unpaired) electrons. The van der Waals surface area contributed by atoms with Crippen LogP contribution >= 0.6 is 0 Å². The van der Waals surface area contributed by atoms with Crippen LogP contribution in [-0.2, 0) is 6.42 Å². The van der Waals surface area contributed by atoms with Crippen molar-refractivity contribution in [2.45, 2.75) is 25.7 Å². The lowest BCUT2D eigenvalue weighted by Crippen LogP contribution is -1.99. The molecule has 20 heavy (non-hydrogen) atoms. The van der Waals surface area contributed by atoms with Crippen LogP contribution in [0.3, 0.4) is 0 Å². The normalized spacial score (nSPS) is 10.4. The van der Waals surface area contributed by atoms with Crippen LogP contribution in [0.4, 0.5) is 0 Å². The van der Waals surface area contributed by atoms with Crippen molar-refractivity contribution < 1.29 is 15.0 Å². The minimum absolute atomic E-state index is 0.111. The molecule has 2 N–H and O–H groups in total. The molecule has 3 nitrogen and oxygen atoms in total. The summed E-state index contributed by atoms with van der Waals surface area (Å²) >= 11 is 0. The molecule has 0 spiro atoms. The van der Waals surface area contributed by atoms with E-state index >= 15 is 0 Å². The molecule has 0 atom stereocenters. The highest BCUT2D eigenvalue weighted by molar-refractivity contribution is 5.95. The molecule has 104 valence electrons. The number of aromatic hydroxyl groups is 2. The molecule has 0 unspecified atom stereocenters. The summed E-state index contributed by atoms with van der Waals surface area (Å²) in [5, 5.41) is 19.3. The zero-order valence-electron chi connectivity index (χ0n) is 11.2. The van der Waals surface area contributed by atoms with Crippen molar-refractivity contribution in [3.05, 3.63) is 59.7 Å². The van der Waals surface area contributed by atoms with Gasteiger partial charge >= 0.3 is 0 Å². The van der Waals surface area contributed by atoms with E-state index in [2.05, 4.69) is 0 Å². The van der Waals surface area contributed by atoms with Gasteiger partial charge in [-0.15, -0.1) is 0 Å². The predicted octanol–water partition coefficient (Wildman–Crippen LogP) is 3.69. The number of rotatable bonds is 6. The Hall–Kier alpha value is -2.29. The Kier molecular flexibility index (Phi) is 4.77. The highest BCUT2D eigenvalue weighted by atomic mass is 16.3.